The number of aliphatic imine (C=N–C) groups is 2. The van der Waals surface area contributed by atoms with Crippen molar-refractivity contribution in [3.63, 3.8) is 0 Å². The summed E-state index contributed by atoms with van der Waals surface area (Å²) < 4.78 is 0. The van der Waals surface area contributed by atoms with Crippen LogP contribution in [0.4, 0.5) is 11.4 Å². The molecule has 5 nitrogen and oxygen atoms in total. The van der Waals surface area contributed by atoms with Gasteiger partial charge in [-0.25, -0.2) is 4.99 Å². The van der Waals surface area contributed by atoms with Crippen LogP contribution in [0.5, 0.6) is 0 Å². The van der Waals surface area contributed by atoms with Crippen molar-refractivity contribution in [2.24, 2.45) is 9.98 Å². The van der Waals surface area contributed by atoms with Gasteiger partial charge in [0.15, 0.2) is 0 Å². The average molecular weight is 337 g/mol. The summed E-state index contributed by atoms with van der Waals surface area (Å²) in [4.78, 5) is 13.3. The van der Waals surface area contributed by atoms with Gasteiger partial charge in [0.05, 0.1) is 5.69 Å². The van der Waals surface area contributed by atoms with Crippen molar-refractivity contribution in [1.29, 1.82) is 0 Å². The molecule has 0 amide bonds. The van der Waals surface area contributed by atoms with Gasteiger partial charge < -0.3 is 15.1 Å². The zero-order valence-electron chi connectivity index (χ0n) is 15.9. The van der Waals surface area contributed by atoms with E-state index in [-0.39, 0.29) is 0 Å². The molecule has 0 aromatic heterocycles. The Morgan fingerprint density at radius 2 is 1.24 bits per heavy atom. The van der Waals surface area contributed by atoms with Gasteiger partial charge in [0.2, 0.25) is 11.9 Å². The molecule has 0 fully saturated rings. The molecular formula is C20H27N5. The maximum absolute atomic E-state index is 4.72. The van der Waals surface area contributed by atoms with Gasteiger partial charge in [0.25, 0.3) is 0 Å². The van der Waals surface area contributed by atoms with Crippen molar-refractivity contribution in [3.05, 3.63) is 59.7 Å². The summed E-state index contributed by atoms with van der Waals surface area (Å²) in [5.41, 5.74) is 4.24. The molecule has 132 valence electrons. The fourth-order valence-electron chi connectivity index (χ4n) is 2.28. The van der Waals surface area contributed by atoms with Crippen molar-refractivity contribution in [2.45, 2.75) is 13.8 Å². The molecule has 0 saturated carbocycles. The first-order valence-corrected chi connectivity index (χ1v) is 8.27. The molecule has 5 heteroatoms. The average Bonchev–Trinajstić information content (AvgIpc) is 2.56. The SMILES string of the molecule is Cc1ccc(/N=C(\N=C(N(C)C)N(C)C)Nc2ccc(C)cc2)cc1. The quantitative estimate of drug-likeness (QED) is 0.668. The molecule has 0 atom stereocenters. The van der Waals surface area contributed by atoms with E-state index in [2.05, 4.69) is 36.3 Å². The van der Waals surface area contributed by atoms with Crippen LogP contribution in [-0.2, 0) is 0 Å². The highest BCUT2D eigenvalue weighted by Crippen LogP contribution is 2.15. The van der Waals surface area contributed by atoms with Crippen LogP contribution in [0.15, 0.2) is 58.5 Å². The van der Waals surface area contributed by atoms with Crippen LogP contribution < -0.4 is 5.32 Å². The fraction of sp³-hybridized carbons (Fsp3) is 0.300. The highest BCUT2D eigenvalue weighted by Gasteiger charge is 2.08. The van der Waals surface area contributed by atoms with Gasteiger partial charge in [-0.05, 0) is 38.1 Å². The lowest BCUT2D eigenvalue weighted by atomic mass is 10.2. The van der Waals surface area contributed by atoms with Crippen molar-refractivity contribution in [3.8, 4) is 0 Å². The van der Waals surface area contributed by atoms with E-state index >= 15 is 0 Å². The lowest BCUT2D eigenvalue weighted by molar-refractivity contribution is 0.485. The molecule has 2 aromatic carbocycles. The third kappa shape index (κ3) is 5.64. The number of anilines is 1. The minimum absolute atomic E-state index is 0.546. The normalized spacial score (nSPS) is 11.0. The Balaban J connectivity index is 2.41. The van der Waals surface area contributed by atoms with Crippen molar-refractivity contribution in [2.75, 3.05) is 33.5 Å². The van der Waals surface area contributed by atoms with E-state index in [0.29, 0.717) is 5.96 Å². The summed E-state index contributed by atoms with van der Waals surface area (Å²) in [7, 11) is 7.87. The second-order valence-electron chi connectivity index (χ2n) is 6.46. The summed E-state index contributed by atoms with van der Waals surface area (Å²) in [6.07, 6.45) is 0. The maximum Gasteiger partial charge on any atom is 0.231 e. The van der Waals surface area contributed by atoms with E-state index in [1.54, 1.807) is 0 Å². The Hall–Kier alpha value is -2.82. The summed E-state index contributed by atoms with van der Waals surface area (Å²) in [6.45, 7) is 4.13. The highest BCUT2D eigenvalue weighted by atomic mass is 15.4. The molecule has 2 aromatic rings. The Labute approximate surface area is 150 Å². The van der Waals surface area contributed by atoms with Crippen LogP contribution in [0.1, 0.15) is 11.1 Å². The number of nitrogens with zero attached hydrogens (tertiary/aromatic N) is 4. The van der Waals surface area contributed by atoms with Crippen LogP contribution in [0.2, 0.25) is 0 Å². The van der Waals surface area contributed by atoms with Crippen molar-refractivity contribution >= 4 is 23.3 Å². The Kier molecular flexibility index (Phi) is 6.17. The summed E-state index contributed by atoms with van der Waals surface area (Å²) in [6, 6.07) is 16.3. The minimum Gasteiger partial charge on any atom is -0.349 e. The smallest absolute Gasteiger partial charge is 0.231 e. The summed E-state index contributed by atoms with van der Waals surface area (Å²) >= 11 is 0. The first-order chi connectivity index (χ1) is 11.8. The lowest BCUT2D eigenvalue weighted by Gasteiger charge is -2.23. The van der Waals surface area contributed by atoms with Crippen LogP contribution in [-0.4, -0.2) is 49.9 Å². The molecule has 0 aliphatic rings. The topological polar surface area (TPSA) is 43.2 Å². The van der Waals surface area contributed by atoms with Gasteiger partial charge in [-0.1, -0.05) is 35.4 Å². The third-order valence-corrected chi connectivity index (χ3v) is 3.58. The molecule has 0 radical (unpaired) electrons. The molecule has 0 bridgehead atoms. The van der Waals surface area contributed by atoms with E-state index in [1.807, 2.05) is 74.4 Å². The van der Waals surface area contributed by atoms with Crippen LogP contribution in [0.25, 0.3) is 0 Å². The Bertz CT molecular complexity index is 731. The van der Waals surface area contributed by atoms with Crippen LogP contribution in [0.3, 0.4) is 0 Å². The fourth-order valence-corrected chi connectivity index (χ4v) is 2.28. The first-order valence-electron chi connectivity index (χ1n) is 8.27. The highest BCUT2D eigenvalue weighted by molar-refractivity contribution is 6.03. The van der Waals surface area contributed by atoms with Gasteiger partial charge >= 0.3 is 0 Å². The molecule has 0 aliphatic heterocycles. The number of rotatable bonds is 2. The Morgan fingerprint density at radius 3 is 1.72 bits per heavy atom. The van der Waals surface area contributed by atoms with Gasteiger partial charge in [0, 0.05) is 33.9 Å². The summed E-state index contributed by atoms with van der Waals surface area (Å²) in [5.74, 6) is 1.36. The zero-order chi connectivity index (χ0) is 18.4. The number of hydrogen-bond donors (Lipinski definition) is 1. The second kappa shape index (κ2) is 8.33. The molecule has 0 spiro atoms. The minimum atomic E-state index is 0.546. The molecule has 0 unspecified atom stereocenters. The molecule has 1 N–H and O–H groups in total. The number of benzene rings is 2. The van der Waals surface area contributed by atoms with E-state index in [0.717, 1.165) is 17.3 Å². The van der Waals surface area contributed by atoms with Gasteiger partial charge in [-0.2, -0.15) is 4.99 Å². The molecule has 0 saturated heterocycles. The molecule has 25 heavy (non-hydrogen) atoms. The second-order valence-corrected chi connectivity index (χ2v) is 6.46. The predicted molar refractivity (Wildman–Crippen MR) is 108 cm³/mol. The standard InChI is InChI=1S/C20H27N5/c1-15-7-11-17(12-8-15)21-19(23-20(24(3)4)25(5)6)22-18-13-9-16(2)10-14-18/h7-14H,1-6H3,(H,21,22). The molecular weight excluding hydrogens is 310 g/mol. The largest absolute Gasteiger partial charge is 0.349 e. The first kappa shape index (κ1) is 18.5. The van der Waals surface area contributed by atoms with Crippen LogP contribution in [0, 0.1) is 13.8 Å². The number of hydrogen-bond acceptors (Lipinski definition) is 1. The van der Waals surface area contributed by atoms with Crippen molar-refractivity contribution < 1.29 is 0 Å². The van der Waals surface area contributed by atoms with E-state index < -0.39 is 0 Å². The number of aryl methyl sites for hydroxylation is 2. The third-order valence-electron chi connectivity index (χ3n) is 3.58. The van der Waals surface area contributed by atoms with Gasteiger partial charge in [-0.15, -0.1) is 0 Å². The zero-order valence-corrected chi connectivity index (χ0v) is 15.9. The predicted octanol–water partition coefficient (Wildman–Crippen LogP) is 3.88. The van der Waals surface area contributed by atoms with E-state index in [4.69, 9.17) is 4.99 Å². The van der Waals surface area contributed by atoms with Gasteiger partial charge in [-0.3, -0.25) is 0 Å². The monoisotopic (exact) mass is 337 g/mol. The van der Waals surface area contributed by atoms with Gasteiger partial charge in [0.1, 0.15) is 0 Å². The Morgan fingerprint density at radius 1 is 0.760 bits per heavy atom. The number of guanidine groups is 2. The lowest BCUT2D eigenvalue weighted by Crippen LogP contribution is -2.36. The molecule has 2 rings (SSSR count). The van der Waals surface area contributed by atoms with Crippen LogP contribution >= 0.6 is 0 Å². The molecule has 0 heterocycles. The maximum atomic E-state index is 4.72. The molecule has 0 aliphatic carbocycles. The van der Waals surface area contributed by atoms with E-state index in [1.165, 1.54) is 11.1 Å². The number of nitrogens with one attached hydrogen (secondary N) is 1. The van der Waals surface area contributed by atoms with Crippen molar-refractivity contribution in [1.82, 2.24) is 9.80 Å². The summed E-state index contributed by atoms with van der Waals surface area (Å²) in [5, 5.41) is 3.32. The van der Waals surface area contributed by atoms with E-state index in [9.17, 15) is 0 Å².